The van der Waals surface area contributed by atoms with Crippen molar-refractivity contribution in [2.75, 3.05) is 0 Å². The smallest absolute Gasteiger partial charge is 0.132 e. The summed E-state index contributed by atoms with van der Waals surface area (Å²) in [6, 6.07) is 21.0. The third kappa shape index (κ3) is 1.72. The normalized spacial score (nSPS) is 32.2. The van der Waals surface area contributed by atoms with Gasteiger partial charge in [-0.25, -0.2) is 9.78 Å². The molecule has 0 spiro atoms. The van der Waals surface area contributed by atoms with Gasteiger partial charge in [0.05, 0.1) is 0 Å². The summed E-state index contributed by atoms with van der Waals surface area (Å²) in [6.07, 6.45) is 4.11. The van der Waals surface area contributed by atoms with Crippen LogP contribution in [-0.4, -0.2) is 0 Å². The zero-order valence-corrected chi connectivity index (χ0v) is 11.4. The van der Waals surface area contributed by atoms with Crippen molar-refractivity contribution in [3.63, 3.8) is 0 Å². The van der Waals surface area contributed by atoms with E-state index in [9.17, 15) is 0 Å². The van der Waals surface area contributed by atoms with Crippen LogP contribution in [0.4, 0.5) is 0 Å². The SMILES string of the molecule is c1ccc(C23CCCC(c4ccccc4)(C2)OO3)cc1. The molecule has 2 aliphatic rings. The van der Waals surface area contributed by atoms with Gasteiger partial charge in [-0.2, -0.15) is 0 Å². The van der Waals surface area contributed by atoms with Crippen molar-refractivity contribution in [1.82, 2.24) is 0 Å². The lowest BCUT2D eigenvalue weighted by molar-refractivity contribution is -0.351. The summed E-state index contributed by atoms with van der Waals surface area (Å²) in [5.74, 6) is 0. The molecule has 0 amide bonds. The van der Waals surface area contributed by atoms with E-state index in [1.165, 1.54) is 11.1 Å². The van der Waals surface area contributed by atoms with Crippen LogP contribution in [0.25, 0.3) is 0 Å². The summed E-state index contributed by atoms with van der Waals surface area (Å²) >= 11 is 0. The van der Waals surface area contributed by atoms with Gasteiger partial charge >= 0.3 is 0 Å². The Bertz CT molecular complexity index is 542. The highest BCUT2D eigenvalue weighted by atomic mass is 17.2. The van der Waals surface area contributed by atoms with E-state index in [-0.39, 0.29) is 11.2 Å². The second-order valence-corrected chi connectivity index (χ2v) is 5.92. The molecule has 0 aromatic heterocycles. The number of hydrogen-bond acceptors (Lipinski definition) is 2. The summed E-state index contributed by atoms with van der Waals surface area (Å²) in [6.45, 7) is 0. The summed E-state index contributed by atoms with van der Waals surface area (Å²) in [4.78, 5) is 11.8. The Morgan fingerprint density at radius 2 is 1.10 bits per heavy atom. The molecule has 2 bridgehead atoms. The molecular formula is C18H18O2. The summed E-state index contributed by atoms with van der Waals surface area (Å²) in [7, 11) is 0. The van der Waals surface area contributed by atoms with Gasteiger partial charge in [0.2, 0.25) is 0 Å². The highest BCUT2D eigenvalue weighted by Crippen LogP contribution is 2.56. The van der Waals surface area contributed by atoms with E-state index < -0.39 is 0 Å². The van der Waals surface area contributed by atoms with Gasteiger partial charge in [0.1, 0.15) is 11.2 Å². The van der Waals surface area contributed by atoms with E-state index in [1.807, 2.05) is 12.1 Å². The standard InChI is InChI=1S/C18H18O2/c1-3-8-15(9-4-1)17-12-7-13-18(14-17,20-19-17)16-10-5-2-6-11-16/h1-6,8-11H,7,12-14H2. The molecule has 1 aliphatic heterocycles. The Kier molecular flexibility index (Phi) is 2.69. The first kappa shape index (κ1) is 12.1. The lowest BCUT2D eigenvalue weighted by atomic mass is 9.70. The first-order chi connectivity index (χ1) is 9.83. The largest absolute Gasteiger partial charge is 0.224 e. The van der Waals surface area contributed by atoms with Crippen LogP contribution in [0.2, 0.25) is 0 Å². The van der Waals surface area contributed by atoms with E-state index in [4.69, 9.17) is 9.78 Å². The van der Waals surface area contributed by atoms with E-state index in [0.29, 0.717) is 0 Å². The highest BCUT2D eigenvalue weighted by Gasteiger charge is 2.56. The zero-order valence-electron chi connectivity index (χ0n) is 11.4. The lowest BCUT2D eigenvalue weighted by Crippen LogP contribution is -2.34. The summed E-state index contributed by atoms with van der Waals surface area (Å²) < 4.78 is 0. The average Bonchev–Trinajstić information content (AvgIpc) is 2.82. The maximum atomic E-state index is 5.91. The first-order valence-corrected chi connectivity index (χ1v) is 7.31. The molecule has 1 heterocycles. The zero-order chi connectivity index (χ0) is 13.5. The van der Waals surface area contributed by atoms with Crippen LogP contribution >= 0.6 is 0 Å². The van der Waals surface area contributed by atoms with Gasteiger partial charge in [0.25, 0.3) is 0 Å². The molecule has 2 aromatic carbocycles. The Balaban J connectivity index is 1.74. The van der Waals surface area contributed by atoms with E-state index >= 15 is 0 Å². The van der Waals surface area contributed by atoms with Gasteiger partial charge in [-0.1, -0.05) is 60.7 Å². The Morgan fingerprint density at radius 1 is 0.650 bits per heavy atom. The van der Waals surface area contributed by atoms with Crippen LogP contribution in [0.5, 0.6) is 0 Å². The molecule has 2 unspecified atom stereocenters. The molecule has 2 heteroatoms. The Labute approximate surface area is 119 Å². The maximum Gasteiger partial charge on any atom is 0.132 e. The second-order valence-electron chi connectivity index (χ2n) is 5.92. The lowest BCUT2D eigenvalue weighted by Gasteiger charge is -2.34. The third-order valence-electron chi connectivity index (χ3n) is 4.69. The molecule has 2 nitrogen and oxygen atoms in total. The second kappa shape index (κ2) is 4.44. The Morgan fingerprint density at radius 3 is 1.55 bits per heavy atom. The van der Waals surface area contributed by atoms with Crippen molar-refractivity contribution >= 4 is 0 Å². The van der Waals surface area contributed by atoms with Crippen molar-refractivity contribution in [3.05, 3.63) is 71.8 Å². The van der Waals surface area contributed by atoms with Gasteiger partial charge in [-0.15, -0.1) is 0 Å². The Hall–Kier alpha value is -1.64. The van der Waals surface area contributed by atoms with Gasteiger partial charge in [-0.3, -0.25) is 0 Å². The van der Waals surface area contributed by atoms with Crippen molar-refractivity contribution < 1.29 is 9.78 Å². The fourth-order valence-electron chi connectivity index (χ4n) is 3.67. The number of rotatable bonds is 2. The molecule has 1 aliphatic carbocycles. The topological polar surface area (TPSA) is 18.5 Å². The van der Waals surface area contributed by atoms with Gasteiger partial charge in [0.15, 0.2) is 0 Å². The molecule has 1 saturated heterocycles. The predicted molar refractivity (Wildman–Crippen MR) is 76.9 cm³/mol. The number of hydrogen-bond donors (Lipinski definition) is 0. The van der Waals surface area contributed by atoms with Crippen LogP contribution in [0.15, 0.2) is 60.7 Å². The summed E-state index contributed by atoms with van der Waals surface area (Å²) in [5, 5.41) is 0. The molecular weight excluding hydrogens is 248 g/mol. The van der Waals surface area contributed by atoms with Gasteiger partial charge < -0.3 is 0 Å². The van der Waals surface area contributed by atoms with Crippen LogP contribution in [-0.2, 0) is 21.0 Å². The average molecular weight is 266 g/mol. The van der Waals surface area contributed by atoms with Crippen LogP contribution in [0.3, 0.4) is 0 Å². The third-order valence-corrected chi connectivity index (χ3v) is 4.69. The minimum absolute atomic E-state index is 0.269. The maximum absolute atomic E-state index is 5.91. The molecule has 2 atom stereocenters. The van der Waals surface area contributed by atoms with Crippen molar-refractivity contribution in [1.29, 1.82) is 0 Å². The highest BCUT2D eigenvalue weighted by molar-refractivity contribution is 5.30. The molecule has 1 saturated carbocycles. The minimum atomic E-state index is -0.269. The fraction of sp³-hybridized carbons (Fsp3) is 0.333. The van der Waals surface area contributed by atoms with Crippen LogP contribution < -0.4 is 0 Å². The molecule has 4 rings (SSSR count). The minimum Gasteiger partial charge on any atom is -0.224 e. The molecule has 0 radical (unpaired) electrons. The molecule has 0 N–H and O–H groups in total. The van der Waals surface area contributed by atoms with Crippen molar-refractivity contribution in [3.8, 4) is 0 Å². The first-order valence-electron chi connectivity index (χ1n) is 7.31. The predicted octanol–water partition coefficient (Wildman–Crippen LogP) is 4.31. The molecule has 2 fully saturated rings. The fourth-order valence-corrected chi connectivity index (χ4v) is 3.67. The number of benzene rings is 2. The molecule has 102 valence electrons. The van der Waals surface area contributed by atoms with E-state index in [0.717, 1.165) is 25.7 Å². The summed E-state index contributed by atoms with van der Waals surface area (Å²) in [5.41, 5.74) is 1.93. The molecule has 2 aromatic rings. The molecule has 20 heavy (non-hydrogen) atoms. The van der Waals surface area contributed by atoms with E-state index in [2.05, 4.69) is 48.5 Å². The quantitative estimate of drug-likeness (QED) is 0.754. The van der Waals surface area contributed by atoms with Crippen molar-refractivity contribution in [2.24, 2.45) is 0 Å². The number of fused-ring (bicyclic) bond motifs is 2. The van der Waals surface area contributed by atoms with Gasteiger partial charge in [-0.05, 0) is 30.4 Å². The van der Waals surface area contributed by atoms with Crippen molar-refractivity contribution in [2.45, 2.75) is 36.9 Å². The monoisotopic (exact) mass is 266 g/mol. The van der Waals surface area contributed by atoms with E-state index in [1.54, 1.807) is 0 Å². The van der Waals surface area contributed by atoms with Crippen LogP contribution in [0, 0.1) is 0 Å². The van der Waals surface area contributed by atoms with Gasteiger partial charge in [0, 0.05) is 6.42 Å². The van der Waals surface area contributed by atoms with Crippen LogP contribution in [0.1, 0.15) is 36.8 Å².